The smallest absolute Gasteiger partial charge is 0.129 e. The van der Waals surface area contributed by atoms with Gasteiger partial charge in [0.25, 0.3) is 0 Å². The molecule has 2 fully saturated rings. The van der Waals surface area contributed by atoms with Crippen molar-refractivity contribution < 1.29 is 9.47 Å². The van der Waals surface area contributed by atoms with Gasteiger partial charge in [-0.3, -0.25) is 4.90 Å². The Balaban J connectivity index is 1.73. The van der Waals surface area contributed by atoms with E-state index in [1.165, 1.54) is 5.56 Å². The van der Waals surface area contributed by atoms with Crippen LogP contribution >= 0.6 is 15.9 Å². The van der Waals surface area contributed by atoms with Crippen LogP contribution in [0.2, 0.25) is 0 Å². The molecule has 1 aromatic rings. The minimum absolute atomic E-state index is 0.0683. The Kier molecular flexibility index (Phi) is 3.21. The monoisotopic (exact) mass is 297 g/mol. The van der Waals surface area contributed by atoms with E-state index in [-0.39, 0.29) is 5.60 Å². The van der Waals surface area contributed by atoms with E-state index in [0.717, 1.165) is 43.9 Å². The highest BCUT2D eigenvalue weighted by Gasteiger charge is 2.47. The van der Waals surface area contributed by atoms with E-state index in [4.69, 9.17) is 9.47 Å². The Hall–Kier alpha value is -0.420. The third kappa shape index (κ3) is 2.55. The number of hydrogen-bond donors (Lipinski definition) is 0. The molecule has 1 aromatic carbocycles. The molecule has 0 aromatic heterocycles. The van der Waals surface area contributed by atoms with E-state index in [2.05, 4.69) is 39.0 Å². The summed E-state index contributed by atoms with van der Waals surface area (Å²) in [4.78, 5) is 2.43. The van der Waals surface area contributed by atoms with Crippen LogP contribution in [0.3, 0.4) is 0 Å². The van der Waals surface area contributed by atoms with Gasteiger partial charge in [-0.15, -0.1) is 0 Å². The van der Waals surface area contributed by atoms with Gasteiger partial charge < -0.3 is 9.47 Å². The van der Waals surface area contributed by atoms with Crippen molar-refractivity contribution in [3.63, 3.8) is 0 Å². The molecule has 2 heterocycles. The van der Waals surface area contributed by atoms with Gasteiger partial charge in [-0.2, -0.15) is 0 Å². The van der Waals surface area contributed by atoms with Crippen LogP contribution in [0.5, 0.6) is 0 Å². The molecule has 0 bridgehead atoms. The molecule has 1 unspecified atom stereocenters. The lowest BCUT2D eigenvalue weighted by Gasteiger charge is -2.29. The summed E-state index contributed by atoms with van der Waals surface area (Å²) in [5.41, 5.74) is 1.21. The van der Waals surface area contributed by atoms with Crippen LogP contribution in [0.25, 0.3) is 0 Å². The standard InChI is InChI=1S/C13H16BrNO2/c14-12-3-1-2-11(8-12)13(10-17-13)9-15-4-6-16-7-5-15/h1-3,8H,4-7,9-10H2. The van der Waals surface area contributed by atoms with Gasteiger partial charge in [-0.25, -0.2) is 0 Å². The first-order chi connectivity index (χ1) is 8.28. The molecule has 0 spiro atoms. The van der Waals surface area contributed by atoms with Crippen LogP contribution in [0, 0.1) is 0 Å². The number of rotatable bonds is 3. The van der Waals surface area contributed by atoms with E-state index in [1.54, 1.807) is 0 Å². The lowest BCUT2D eigenvalue weighted by Crippen LogP contribution is -2.41. The maximum Gasteiger partial charge on any atom is 0.129 e. The highest BCUT2D eigenvalue weighted by atomic mass is 79.9. The van der Waals surface area contributed by atoms with Crippen molar-refractivity contribution in [3.05, 3.63) is 34.3 Å². The molecular weight excluding hydrogens is 282 g/mol. The quantitative estimate of drug-likeness (QED) is 0.798. The van der Waals surface area contributed by atoms with Crippen LogP contribution in [-0.4, -0.2) is 44.4 Å². The molecule has 0 aliphatic carbocycles. The molecule has 0 amide bonds. The summed E-state index contributed by atoms with van der Waals surface area (Å²) in [6, 6.07) is 8.43. The maximum atomic E-state index is 5.74. The number of morpholine rings is 1. The first kappa shape index (κ1) is 11.7. The summed E-state index contributed by atoms with van der Waals surface area (Å²) in [7, 11) is 0. The van der Waals surface area contributed by atoms with Crippen LogP contribution in [0.15, 0.2) is 28.7 Å². The van der Waals surface area contributed by atoms with Crippen LogP contribution < -0.4 is 0 Å². The van der Waals surface area contributed by atoms with Crippen molar-refractivity contribution >= 4 is 15.9 Å². The third-order valence-corrected chi connectivity index (χ3v) is 3.92. The topological polar surface area (TPSA) is 25.0 Å². The molecule has 3 rings (SSSR count). The van der Waals surface area contributed by atoms with Crippen LogP contribution in [-0.2, 0) is 15.1 Å². The van der Waals surface area contributed by atoms with Crippen molar-refractivity contribution in [3.8, 4) is 0 Å². The molecule has 2 aliphatic heterocycles. The van der Waals surface area contributed by atoms with Crippen molar-refractivity contribution in [1.29, 1.82) is 0 Å². The van der Waals surface area contributed by atoms with Gasteiger partial charge in [0, 0.05) is 24.1 Å². The van der Waals surface area contributed by atoms with Gasteiger partial charge in [0.1, 0.15) is 5.60 Å². The van der Waals surface area contributed by atoms with Gasteiger partial charge in [-0.1, -0.05) is 28.1 Å². The second-order valence-electron chi connectivity index (χ2n) is 4.68. The molecule has 0 saturated carbocycles. The van der Waals surface area contributed by atoms with Crippen LogP contribution in [0.4, 0.5) is 0 Å². The van der Waals surface area contributed by atoms with Gasteiger partial charge in [0.2, 0.25) is 0 Å². The van der Waals surface area contributed by atoms with Crippen LogP contribution in [0.1, 0.15) is 5.56 Å². The minimum Gasteiger partial charge on any atom is -0.379 e. The maximum absolute atomic E-state index is 5.74. The lowest BCUT2D eigenvalue weighted by molar-refractivity contribution is 0.0261. The number of benzene rings is 1. The third-order valence-electron chi connectivity index (χ3n) is 3.43. The Labute approximate surface area is 110 Å². The Morgan fingerprint density at radius 1 is 1.29 bits per heavy atom. The summed E-state index contributed by atoms with van der Waals surface area (Å²) < 4.78 is 12.2. The summed E-state index contributed by atoms with van der Waals surface area (Å²) >= 11 is 3.52. The molecule has 3 nitrogen and oxygen atoms in total. The molecule has 2 saturated heterocycles. The van der Waals surface area contributed by atoms with Crippen molar-refractivity contribution in [2.45, 2.75) is 5.60 Å². The Bertz CT molecular complexity index is 400. The predicted octanol–water partition coefficient (Wildman–Crippen LogP) is 2.01. The minimum atomic E-state index is -0.0683. The van der Waals surface area contributed by atoms with E-state index < -0.39 is 0 Å². The number of epoxide rings is 1. The lowest BCUT2D eigenvalue weighted by atomic mass is 9.99. The van der Waals surface area contributed by atoms with Crippen molar-refractivity contribution in [2.75, 3.05) is 39.5 Å². The fourth-order valence-corrected chi connectivity index (χ4v) is 2.73. The predicted molar refractivity (Wildman–Crippen MR) is 69.0 cm³/mol. The molecule has 17 heavy (non-hydrogen) atoms. The second kappa shape index (κ2) is 4.69. The van der Waals surface area contributed by atoms with E-state index in [9.17, 15) is 0 Å². The van der Waals surface area contributed by atoms with E-state index in [0.29, 0.717) is 0 Å². The molecule has 92 valence electrons. The van der Waals surface area contributed by atoms with Crippen molar-refractivity contribution in [1.82, 2.24) is 4.90 Å². The molecule has 0 N–H and O–H groups in total. The summed E-state index contributed by atoms with van der Waals surface area (Å²) in [5, 5.41) is 0. The second-order valence-corrected chi connectivity index (χ2v) is 5.60. The first-order valence-electron chi connectivity index (χ1n) is 5.99. The molecule has 1 atom stereocenters. The number of nitrogens with zero attached hydrogens (tertiary/aromatic N) is 1. The Morgan fingerprint density at radius 2 is 2.06 bits per heavy atom. The largest absolute Gasteiger partial charge is 0.379 e. The molecule has 0 radical (unpaired) electrons. The Morgan fingerprint density at radius 3 is 2.71 bits per heavy atom. The van der Waals surface area contributed by atoms with Crippen molar-refractivity contribution in [2.24, 2.45) is 0 Å². The van der Waals surface area contributed by atoms with Gasteiger partial charge in [0.05, 0.1) is 19.8 Å². The average Bonchev–Trinajstić information content (AvgIpc) is 3.11. The van der Waals surface area contributed by atoms with Gasteiger partial charge in [0.15, 0.2) is 0 Å². The average molecular weight is 298 g/mol. The fraction of sp³-hybridized carbons (Fsp3) is 0.538. The SMILES string of the molecule is Brc1cccc(C2(CN3CCOCC3)CO2)c1. The first-order valence-corrected chi connectivity index (χ1v) is 6.78. The fourth-order valence-electron chi connectivity index (χ4n) is 2.33. The highest BCUT2D eigenvalue weighted by Crippen LogP contribution is 2.40. The van der Waals surface area contributed by atoms with E-state index in [1.807, 2.05) is 6.07 Å². The number of halogens is 1. The number of ether oxygens (including phenoxy) is 2. The molecular formula is C13H16BrNO2. The van der Waals surface area contributed by atoms with Gasteiger partial charge >= 0.3 is 0 Å². The highest BCUT2D eigenvalue weighted by molar-refractivity contribution is 9.10. The summed E-state index contributed by atoms with van der Waals surface area (Å²) in [5.74, 6) is 0. The van der Waals surface area contributed by atoms with E-state index >= 15 is 0 Å². The summed E-state index contributed by atoms with van der Waals surface area (Å²) in [6.07, 6.45) is 0. The normalized spacial score (nSPS) is 29.2. The molecule has 2 aliphatic rings. The van der Waals surface area contributed by atoms with Gasteiger partial charge in [-0.05, 0) is 17.7 Å². The zero-order valence-electron chi connectivity index (χ0n) is 9.69. The number of hydrogen-bond acceptors (Lipinski definition) is 3. The summed E-state index contributed by atoms with van der Waals surface area (Å²) in [6.45, 7) is 5.52. The zero-order valence-corrected chi connectivity index (χ0v) is 11.3. The zero-order chi connectivity index (χ0) is 11.7. The molecule has 4 heteroatoms.